The van der Waals surface area contributed by atoms with Crippen LogP contribution < -0.4 is 5.32 Å². The van der Waals surface area contributed by atoms with Crippen LogP contribution in [0.2, 0.25) is 10.0 Å². The summed E-state index contributed by atoms with van der Waals surface area (Å²) in [5, 5.41) is 5.57. The van der Waals surface area contributed by atoms with Crippen molar-refractivity contribution in [1.29, 1.82) is 0 Å². The number of anilines is 1. The summed E-state index contributed by atoms with van der Waals surface area (Å²) in [7, 11) is 0. The molecule has 6 heteroatoms. The van der Waals surface area contributed by atoms with Gasteiger partial charge in [0.2, 0.25) is 0 Å². The first-order valence-corrected chi connectivity index (χ1v) is 8.67. The fourth-order valence-corrected chi connectivity index (χ4v) is 4.15. The average Bonchev–Trinajstić information content (AvgIpc) is 2.79. The summed E-state index contributed by atoms with van der Waals surface area (Å²) in [6.45, 7) is 2.05. The summed E-state index contributed by atoms with van der Waals surface area (Å²) < 4.78 is 2.19. The highest BCUT2D eigenvalue weighted by Gasteiger charge is 2.12. The van der Waals surface area contributed by atoms with Crippen molar-refractivity contribution in [3.05, 3.63) is 56.5 Å². The Labute approximate surface area is 145 Å². The first kappa shape index (κ1) is 15.1. The van der Waals surface area contributed by atoms with Gasteiger partial charge >= 0.3 is 0 Å². The lowest BCUT2D eigenvalue weighted by molar-refractivity contribution is 0.883. The molecule has 2 nitrogen and oxygen atoms in total. The minimum Gasteiger partial charge on any atom is -0.355 e. The van der Waals surface area contributed by atoms with Crippen LogP contribution in [-0.4, -0.2) is 4.98 Å². The zero-order valence-electron chi connectivity index (χ0n) is 11.0. The molecule has 0 bridgehead atoms. The van der Waals surface area contributed by atoms with E-state index in [1.54, 1.807) is 17.4 Å². The summed E-state index contributed by atoms with van der Waals surface area (Å²) in [6.07, 6.45) is 0. The van der Waals surface area contributed by atoms with Gasteiger partial charge in [-0.1, -0.05) is 56.5 Å². The maximum atomic E-state index is 6.24. The van der Waals surface area contributed by atoms with Gasteiger partial charge < -0.3 is 5.32 Å². The monoisotopic (exact) mass is 400 g/mol. The molecule has 0 aliphatic carbocycles. The van der Waals surface area contributed by atoms with Crippen molar-refractivity contribution in [2.45, 2.75) is 13.0 Å². The van der Waals surface area contributed by atoms with E-state index in [-0.39, 0.29) is 6.04 Å². The van der Waals surface area contributed by atoms with Crippen LogP contribution in [0.4, 0.5) is 5.13 Å². The van der Waals surface area contributed by atoms with Crippen molar-refractivity contribution < 1.29 is 0 Å². The number of hydrogen-bond donors (Lipinski definition) is 1. The molecule has 3 aromatic rings. The molecule has 108 valence electrons. The highest BCUT2D eigenvalue weighted by atomic mass is 79.9. The molecule has 0 amide bonds. The van der Waals surface area contributed by atoms with E-state index in [1.807, 2.05) is 24.3 Å². The van der Waals surface area contributed by atoms with Crippen molar-refractivity contribution in [2.75, 3.05) is 5.32 Å². The number of nitrogens with zero attached hydrogens (tertiary/aromatic N) is 1. The van der Waals surface area contributed by atoms with Gasteiger partial charge in [-0.05, 0) is 42.8 Å². The number of hydrogen-bond acceptors (Lipinski definition) is 3. The van der Waals surface area contributed by atoms with Gasteiger partial charge in [0.05, 0.1) is 16.3 Å². The first-order valence-electron chi connectivity index (χ1n) is 6.30. The van der Waals surface area contributed by atoms with Crippen LogP contribution in [0.15, 0.2) is 40.9 Å². The summed E-state index contributed by atoms with van der Waals surface area (Å²) in [5.41, 5.74) is 1.99. The second kappa shape index (κ2) is 6.13. The van der Waals surface area contributed by atoms with E-state index < -0.39 is 0 Å². The summed E-state index contributed by atoms with van der Waals surface area (Å²) in [6, 6.07) is 11.7. The standard InChI is InChI=1S/C15H11BrCl2N2S/c1-8(11-4-3-10(17)7-12(11)18)19-15-20-13-5-2-9(16)6-14(13)21-15/h2-8H,1H3,(H,19,20). The van der Waals surface area contributed by atoms with Crippen molar-refractivity contribution in [2.24, 2.45) is 0 Å². The Balaban J connectivity index is 1.87. The molecule has 0 saturated carbocycles. The van der Waals surface area contributed by atoms with Crippen LogP contribution in [0.3, 0.4) is 0 Å². The molecule has 0 saturated heterocycles. The van der Waals surface area contributed by atoms with Crippen LogP contribution in [0, 0.1) is 0 Å². The third kappa shape index (κ3) is 3.34. The van der Waals surface area contributed by atoms with E-state index >= 15 is 0 Å². The van der Waals surface area contributed by atoms with Gasteiger partial charge in [0.1, 0.15) is 0 Å². The fourth-order valence-electron chi connectivity index (χ4n) is 2.08. The van der Waals surface area contributed by atoms with Crippen LogP contribution in [0.5, 0.6) is 0 Å². The second-order valence-electron chi connectivity index (χ2n) is 4.66. The van der Waals surface area contributed by atoms with E-state index in [2.05, 4.69) is 39.2 Å². The molecule has 0 radical (unpaired) electrons. The van der Waals surface area contributed by atoms with E-state index in [0.717, 1.165) is 25.4 Å². The molecule has 21 heavy (non-hydrogen) atoms. The lowest BCUT2D eigenvalue weighted by Crippen LogP contribution is -2.06. The normalized spacial score (nSPS) is 12.6. The number of fused-ring (bicyclic) bond motifs is 1. The molecule has 0 aliphatic rings. The summed E-state index contributed by atoms with van der Waals surface area (Å²) >= 11 is 17.3. The predicted octanol–water partition coefficient (Wildman–Crippen LogP) is 6.54. The average molecular weight is 402 g/mol. The summed E-state index contributed by atoms with van der Waals surface area (Å²) in [5.74, 6) is 0. The zero-order chi connectivity index (χ0) is 15.0. The molecule has 0 spiro atoms. The number of nitrogens with one attached hydrogen (secondary N) is 1. The molecule has 1 unspecified atom stereocenters. The first-order chi connectivity index (χ1) is 10.0. The third-order valence-corrected chi connectivity index (χ3v) is 5.12. The Morgan fingerprint density at radius 2 is 2.00 bits per heavy atom. The van der Waals surface area contributed by atoms with Crippen LogP contribution in [-0.2, 0) is 0 Å². The fraction of sp³-hybridized carbons (Fsp3) is 0.133. The quantitative estimate of drug-likeness (QED) is 0.538. The number of halogens is 3. The van der Waals surface area contributed by atoms with Gasteiger partial charge in [0, 0.05) is 14.5 Å². The molecule has 1 N–H and O–H groups in total. The Bertz CT molecular complexity index is 803. The molecule has 3 rings (SSSR count). The molecule has 0 fully saturated rings. The maximum Gasteiger partial charge on any atom is 0.184 e. The Hall–Kier alpha value is -0.810. The zero-order valence-corrected chi connectivity index (χ0v) is 14.9. The smallest absolute Gasteiger partial charge is 0.184 e. The van der Waals surface area contributed by atoms with Crippen molar-refractivity contribution in [1.82, 2.24) is 4.98 Å². The van der Waals surface area contributed by atoms with Crippen molar-refractivity contribution in [3.63, 3.8) is 0 Å². The van der Waals surface area contributed by atoms with Crippen LogP contribution in [0.25, 0.3) is 10.2 Å². The van der Waals surface area contributed by atoms with E-state index in [9.17, 15) is 0 Å². The molecule has 1 aromatic heterocycles. The Morgan fingerprint density at radius 1 is 1.19 bits per heavy atom. The van der Waals surface area contributed by atoms with Crippen LogP contribution >= 0.6 is 50.5 Å². The van der Waals surface area contributed by atoms with Crippen molar-refractivity contribution >= 4 is 65.8 Å². The highest BCUT2D eigenvalue weighted by Crippen LogP contribution is 2.32. The van der Waals surface area contributed by atoms with Gasteiger partial charge in [0.15, 0.2) is 5.13 Å². The number of rotatable bonds is 3. The highest BCUT2D eigenvalue weighted by molar-refractivity contribution is 9.10. The van der Waals surface area contributed by atoms with Gasteiger partial charge in [-0.25, -0.2) is 4.98 Å². The maximum absolute atomic E-state index is 6.24. The van der Waals surface area contributed by atoms with Gasteiger partial charge in [-0.15, -0.1) is 0 Å². The topological polar surface area (TPSA) is 24.9 Å². The minimum absolute atomic E-state index is 0.0544. The Kier molecular flexibility index (Phi) is 4.41. The molecule has 1 atom stereocenters. The summed E-state index contributed by atoms with van der Waals surface area (Å²) in [4.78, 5) is 4.58. The largest absolute Gasteiger partial charge is 0.355 e. The number of aromatic nitrogens is 1. The van der Waals surface area contributed by atoms with Gasteiger partial charge in [-0.3, -0.25) is 0 Å². The van der Waals surface area contributed by atoms with E-state index in [1.165, 1.54) is 0 Å². The van der Waals surface area contributed by atoms with Gasteiger partial charge in [-0.2, -0.15) is 0 Å². The van der Waals surface area contributed by atoms with Crippen molar-refractivity contribution in [3.8, 4) is 0 Å². The lowest BCUT2D eigenvalue weighted by Gasteiger charge is -2.14. The van der Waals surface area contributed by atoms with E-state index in [4.69, 9.17) is 23.2 Å². The third-order valence-electron chi connectivity index (χ3n) is 3.12. The van der Waals surface area contributed by atoms with Gasteiger partial charge in [0.25, 0.3) is 0 Å². The second-order valence-corrected chi connectivity index (χ2v) is 7.45. The molecule has 2 aromatic carbocycles. The molecular formula is C15H11BrCl2N2S. The number of benzene rings is 2. The SMILES string of the molecule is CC(Nc1nc2ccc(Br)cc2s1)c1ccc(Cl)cc1Cl. The lowest BCUT2D eigenvalue weighted by atomic mass is 10.1. The predicted molar refractivity (Wildman–Crippen MR) is 95.8 cm³/mol. The Morgan fingerprint density at radius 3 is 2.76 bits per heavy atom. The molecule has 0 aliphatic heterocycles. The number of thiazole rings is 1. The molecule has 1 heterocycles. The minimum atomic E-state index is 0.0544. The molecular weight excluding hydrogens is 391 g/mol. The van der Waals surface area contributed by atoms with Crippen LogP contribution in [0.1, 0.15) is 18.5 Å². The van der Waals surface area contributed by atoms with E-state index in [0.29, 0.717) is 10.0 Å².